The van der Waals surface area contributed by atoms with E-state index < -0.39 is 15.7 Å². The number of rotatable bonds is 4. The van der Waals surface area contributed by atoms with Crippen molar-refractivity contribution in [2.75, 3.05) is 43.7 Å². The van der Waals surface area contributed by atoms with Gasteiger partial charge >= 0.3 is 0 Å². The molecule has 3 aromatic rings. The van der Waals surface area contributed by atoms with Crippen LogP contribution in [-0.4, -0.2) is 38.0 Å². The van der Waals surface area contributed by atoms with E-state index in [9.17, 15) is 24.6 Å². The maximum Gasteiger partial charge on any atom is 0.269 e. The van der Waals surface area contributed by atoms with Crippen molar-refractivity contribution in [2.45, 2.75) is 7.43 Å². The maximum atomic E-state index is 12.1. The lowest BCUT2D eigenvalue weighted by atomic mass is 10.3. The van der Waals surface area contributed by atoms with Gasteiger partial charge in [-0.15, -0.1) is 0 Å². The molecule has 0 aliphatic rings. The molecule has 9 nitrogen and oxygen atoms in total. The van der Waals surface area contributed by atoms with Crippen molar-refractivity contribution in [3.05, 3.63) is 98.8 Å². The molecule has 0 heterocycles. The Hall–Kier alpha value is -4.21. The van der Waals surface area contributed by atoms with Crippen molar-refractivity contribution in [3.8, 4) is 0 Å². The summed E-state index contributed by atoms with van der Waals surface area (Å²) in [6.07, 6.45) is 0. The summed E-state index contributed by atoms with van der Waals surface area (Å²) < 4.78 is 12.1. The summed E-state index contributed by atoms with van der Waals surface area (Å²) in [5, 5.41) is 20.3. The largest absolute Gasteiger partial charge is 0.399 e. The molecule has 0 amide bonds. The molecule has 0 bridgehead atoms. The van der Waals surface area contributed by atoms with Crippen LogP contribution in [0.2, 0.25) is 0 Å². The summed E-state index contributed by atoms with van der Waals surface area (Å²) in [5.41, 5.74) is 8.48. The minimum absolute atomic E-state index is 0. The van der Waals surface area contributed by atoms with Gasteiger partial charge in [0.1, 0.15) is 5.82 Å². The molecule has 0 saturated carbocycles. The fraction of sp³-hybridized carbons (Fsp3) is 0.217. The first-order valence-electron chi connectivity index (χ1n) is 9.36. The predicted molar refractivity (Wildman–Crippen MR) is 132 cm³/mol. The quantitative estimate of drug-likeness (QED) is 0.317. The number of nitrogens with zero attached hydrogens (tertiary/aromatic N) is 4. The third-order valence-corrected chi connectivity index (χ3v) is 4.02. The van der Waals surface area contributed by atoms with Gasteiger partial charge in [-0.2, -0.15) is 0 Å². The smallest absolute Gasteiger partial charge is 0.269 e. The summed E-state index contributed by atoms with van der Waals surface area (Å²) in [5.74, 6) is -0.467. The molecule has 3 aromatic carbocycles. The molecule has 33 heavy (non-hydrogen) atoms. The number of nitro benzene ring substituents is 2. The zero-order valence-corrected chi connectivity index (χ0v) is 18.3. The standard InChI is InChI=1S/C8H10N2O2.C8H12N2.C6H4FNO2.CH4/c1-9(2)7-3-5-8(6-4-7)10(11)12;1-10(2)8-5-3-7(9)4-6-8;7-5-1-3-6(4-2-5)8(9)10;/h3-6H,1-2H3;3-6H,9H2,1-2H3;1-4H;1H4. The Labute approximate surface area is 193 Å². The molecule has 0 radical (unpaired) electrons. The Kier molecular flexibility index (Phi) is 12.2. The lowest BCUT2D eigenvalue weighted by Gasteiger charge is -2.11. The first-order valence-corrected chi connectivity index (χ1v) is 9.36. The van der Waals surface area contributed by atoms with Crippen molar-refractivity contribution in [2.24, 2.45) is 0 Å². The van der Waals surface area contributed by atoms with Crippen LogP contribution in [0.3, 0.4) is 0 Å². The summed E-state index contributed by atoms with van der Waals surface area (Å²) >= 11 is 0. The Bertz CT molecular complexity index is 993. The number of hydrogen-bond acceptors (Lipinski definition) is 7. The number of non-ortho nitro benzene ring substituents is 2. The van der Waals surface area contributed by atoms with Gasteiger partial charge in [-0.25, -0.2) is 4.39 Å². The first-order chi connectivity index (χ1) is 15.0. The predicted octanol–water partition coefficient (Wildman–Crippen LogP) is 5.37. The average Bonchev–Trinajstić information content (AvgIpc) is 2.75. The van der Waals surface area contributed by atoms with Gasteiger partial charge in [0, 0.05) is 69.5 Å². The highest BCUT2D eigenvalue weighted by Gasteiger charge is 2.04. The second-order valence-corrected chi connectivity index (χ2v) is 6.89. The SMILES string of the molecule is C.CN(C)c1ccc(N)cc1.CN(C)c1ccc([N+](=O)[O-])cc1.O=[N+]([O-])c1ccc(F)cc1. The summed E-state index contributed by atoms with van der Waals surface area (Å²) in [7, 11) is 7.79. The highest BCUT2D eigenvalue weighted by molar-refractivity contribution is 5.52. The molecule has 0 unspecified atom stereocenters. The fourth-order valence-corrected chi connectivity index (χ4v) is 2.21. The molecule has 0 atom stereocenters. The molecule has 3 rings (SSSR count). The molecular formula is C23H30FN5O4. The Balaban J connectivity index is 0.000000461. The molecule has 0 aromatic heterocycles. The van der Waals surface area contributed by atoms with Crippen LogP contribution in [0.15, 0.2) is 72.8 Å². The van der Waals surface area contributed by atoms with Gasteiger partial charge in [-0.3, -0.25) is 20.2 Å². The summed E-state index contributed by atoms with van der Waals surface area (Å²) in [6.45, 7) is 0. The van der Waals surface area contributed by atoms with Crippen LogP contribution < -0.4 is 15.5 Å². The highest BCUT2D eigenvalue weighted by Crippen LogP contribution is 2.17. The van der Waals surface area contributed by atoms with Crippen LogP contribution >= 0.6 is 0 Å². The third kappa shape index (κ3) is 10.6. The van der Waals surface area contributed by atoms with E-state index >= 15 is 0 Å². The van der Waals surface area contributed by atoms with Crippen LogP contribution in [-0.2, 0) is 0 Å². The minimum Gasteiger partial charge on any atom is -0.399 e. The third-order valence-electron chi connectivity index (χ3n) is 4.02. The monoisotopic (exact) mass is 459 g/mol. The van der Waals surface area contributed by atoms with E-state index in [2.05, 4.69) is 0 Å². The summed E-state index contributed by atoms with van der Waals surface area (Å²) in [6, 6.07) is 18.6. The molecule has 2 N–H and O–H groups in total. The van der Waals surface area contributed by atoms with Gasteiger partial charge in [0.05, 0.1) is 9.85 Å². The lowest BCUT2D eigenvalue weighted by Crippen LogP contribution is -2.08. The van der Waals surface area contributed by atoms with Gasteiger partial charge in [0.15, 0.2) is 0 Å². The Morgan fingerprint density at radius 2 is 0.970 bits per heavy atom. The number of hydrogen-bond donors (Lipinski definition) is 1. The number of halogens is 1. The molecule has 0 aliphatic heterocycles. The van der Waals surface area contributed by atoms with E-state index in [-0.39, 0.29) is 18.8 Å². The number of nitrogen functional groups attached to an aromatic ring is 1. The van der Waals surface area contributed by atoms with E-state index in [1.54, 1.807) is 12.1 Å². The molecule has 0 aliphatic carbocycles. The number of nitro groups is 2. The van der Waals surface area contributed by atoms with Crippen LogP contribution in [0, 0.1) is 26.0 Å². The lowest BCUT2D eigenvalue weighted by molar-refractivity contribution is -0.385. The average molecular weight is 460 g/mol. The van der Waals surface area contributed by atoms with Crippen LogP contribution in [0.5, 0.6) is 0 Å². The Morgan fingerprint density at radius 1 is 0.667 bits per heavy atom. The van der Waals surface area contributed by atoms with Crippen molar-refractivity contribution in [1.82, 2.24) is 0 Å². The molecule has 0 fully saturated rings. The molecule has 0 saturated heterocycles. The van der Waals surface area contributed by atoms with Crippen LogP contribution in [0.1, 0.15) is 7.43 Å². The zero-order chi connectivity index (χ0) is 24.3. The maximum absolute atomic E-state index is 12.1. The molecular weight excluding hydrogens is 429 g/mol. The van der Waals surface area contributed by atoms with Crippen LogP contribution in [0.4, 0.5) is 32.8 Å². The first kappa shape index (κ1) is 28.8. The molecule has 178 valence electrons. The molecule has 10 heteroatoms. The fourth-order valence-electron chi connectivity index (χ4n) is 2.21. The van der Waals surface area contributed by atoms with E-state index in [1.807, 2.05) is 62.3 Å². The molecule has 0 spiro atoms. The van der Waals surface area contributed by atoms with Crippen LogP contribution in [0.25, 0.3) is 0 Å². The van der Waals surface area contributed by atoms with E-state index in [1.165, 1.54) is 17.8 Å². The van der Waals surface area contributed by atoms with Gasteiger partial charge in [-0.05, 0) is 48.5 Å². The second kappa shape index (κ2) is 14.0. The normalized spacial score (nSPS) is 9.12. The van der Waals surface area contributed by atoms with E-state index in [4.69, 9.17) is 5.73 Å². The number of anilines is 3. The summed E-state index contributed by atoms with van der Waals surface area (Å²) in [4.78, 5) is 23.2. The van der Waals surface area contributed by atoms with E-state index in [0.717, 1.165) is 35.6 Å². The van der Waals surface area contributed by atoms with Crippen molar-refractivity contribution >= 4 is 28.4 Å². The van der Waals surface area contributed by atoms with Gasteiger partial charge in [0.25, 0.3) is 11.4 Å². The zero-order valence-electron chi connectivity index (χ0n) is 18.3. The minimum atomic E-state index is -0.570. The topological polar surface area (TPSA) is 119 Å². The number of benzene rings is 3. The highest BCUT2D eigenvalue weighted by atomic mass is 19.1. The Morgan fingerprint density at radius 3 is 1.27 bits per heavy atom. The van der Waals surface area contributed by atoms with Crippen molar-refractivity contribution < 1.29 is 14.2 Å². The number of nitrogens with two attached hydrogens (primary N) is 1. The van der Waals surface area contributed by atoms with Gasteiger partial charge in [0.2, 0.25) is 0 Å². The van der Waals surface area contributed by atoms with E-state index in [0.29, 0.717) is 0 Å². The second-order valence-electron chi connectivity index (χ2n) is 6.89. The van der Waals surface area contributed by atoms with Gasteiger partial charge in [-0.1, -0.05) is 7.43 Å². The van der Waals surface area contributed by atoms with Crippen molar-refractivity contribution in [3.63, 3.8) is 0 Å². The van der Waals surface area contributed by atoms with Gasteiger partial charge < -0.3 is 15.5 Å². The van der Waals surface area contributed by atoms with Crippen molar-refractivity contribution in [1.29, 1.82) is 0 Å².